The van der Waals surface area contributed by atoms with Crippen LogP contribution in [0.5, 0.6) is 17.2 Å². The number of rotatable bonds is 10. The highest BCUT2D eigenvalue weighted by molar-refractivity contribution is 7.98. The average molecular weight is 486 g/mol. The molecule has 9 nitrogen and oxygen atoms in total. The molecule has 4 rings (SSSR count). The highest BCUT2D eigenvalue weighted by atomic mass is 32.2. The molecule has 4 aromatic rings. The number of methoxy groups -OCH3 is 3. The van der Waals surface area contributed by atoms with E-state index in [1.54, 1.807) is 34.9 Å². The third-order valence-electron chi connectivity index (χ3n) is 4.96. The van der Waals surface area contributed by atoms with Crippen molar-refractivity contribution in [3.05, 3.63) is 53.9 Å². The fraction of sp³-hybridized carbons (Fsp3) is 0.304. The van der Waals surface area contributed by atoms with E-state index >= 15 is 0 Å². The molecule has 2 heterocycles. The molecular formula is C23H24FN5O4S. The first-order valence-electron chi connectivity index (χ1n) is 10.5. The van der Waals surface area contributed by atoms with Crippen LogP contribution < -0.4 is 14.2 Å². The number of aryl methyl sites for hydroxylation is 1. The van der Waals surface area contributed by atoms with E-state index in [9.17, 15) is 4.39 Å². The Morgan fingerprint density at radius 3 is 2.41 bits per heavy atom. The summed E-state index contributed by atoms with van der Waals surface area (Å²) in [5, 5.41) is 13.1. The zero-order valence-electron chi connectivity index (χ0n) is 19.2. The molecule has 0 radical (unpaired) electrons. The van der Waals surface area contributed by atoms with Gasteiger partial charge in [-0.15, -0.1) is 10.2 Å². The minimum absolute atomic E-state index is 0.302. The topological polar surface area (TPSA) is 97.3 Å². The van der Waals surface area contributed by atoms with Crippen LogP contribution in [-0.4, -0.2) is 46.2 Å². The molecule has 0 amide bonds. The molecule has 0 spiro atoms. The van der Waals surface area contributed by atoms with Crippen LogP contribution in [0.2, 0.25) is 0 Å². The van der Waals surface area contributed by atoms with Crippen molar-refractivity contribution in [2.24, 2.45) is 0 Å². The highest BCUT2D eigenvalue weighted by Gasteiger charge is 2.22. The monoisotopic (exact) mass is 485 g/mol. The van der Waals surface area contributed by atoms with Gasteiger partial charge in [0, 0.05) is 12.0 Å². The molecule has 2 aromatic carbocycles. The Morgan fingerprint density at radius 1 is 1.03 bits per heavy atom. The summed E-state index contributed by atoms with van der Waals surface area (Å²) in [6, 6.07) is 9.91. The molecule has 0 bridgehead atoms. The third-order valence-corrected chi connectivity index (χ3v) is 5.87. The van der Waals surface area contributed by atoms with E-state index in [1.165, 1.54) is 39.2 Å². The van der Waals surface area contributed by atoms with Gasteiger partial charge >= 0.3 is 0 Å². The van der Waals surface area contributed by atoms with Gasteiger partial charge in [0.2, 0.25) is 11.6 Å². The van der Waals surface area contributed by atoms with Gasteiger partial charge < -0.3 is 18.7 Å². The Hall–Kier alpha value is -3.60. The molecule has 2 aromatic heterocycles. The Bertz CT molecular complexity index is 1250. The van der Waals surface area contributed by atoms with Gasteiger partial charge in [-0.25, -0.2) is 4.39 Å². The van der Waals surface area contributed by atoms with E-state index in [-0.39, 0.29) is 0 Å². The predicted molar refractivity (Wildman–Crippen MR) is 124 cm³/mol. The van der Waals surface area contributed by atoms with Crippen molar-refractivity contribution in [2.75, 3.05) is 21.3 Å². The largest absolute Gasteiger partial charge is 0.493 e. The molecule has 11 heteroatoms. The van der Waals surface area contributed by atoms with E-state index < -0.39 is 5.82 Å². The maximum atomic E-state index is 14.9. The van der Waals surface area contributed by atoms with Crippen molar-refractivity contribution in [2.45, 2.75) is 30.7 Å². The van der Waals surface area contributed by atoms with Crippen molar-refractivity contribution < 1.29 is 23.1 Å². The lowest BCUT2D eigenvalue weighted by Crippen LogP contribution is -2.03. The number of hydrogen-bond donors (Lipinski definition) is 0. The van der Waals surface area contributed by atoms with Gasteiger partial charge in [0.05, 0.1) is 32.8 Å². The summed E-state index contributed by atoms with van der Waals surface area (Å²) in [5.74, 6) is 2.81. The second-order valence-corrected chi connectivity index (χ2v) is 8.09. The normalized spacial score (nSPS) is 11.0. The van der Waals surface area contributed by atoms with Gasteiger partial charge in [0.15, 0.2) is 28.3 Å². The summed E-state index contributed by atoms with van der Waals surface area (Å²) < 4.78 is 38.2. The van der Waals surface area contributed by atoms with E-state index in [0.717, 1.165) is 12.8 Å². The second kappa shape index (κ2) is 10.6. The van der Waals surface area contributed by atoms with E-state index in [1.807, 2.05) is 6.92 Å². The number of nitrogens with zero attached hydrogens (tertiary/aromatic N) is 5. The summed E-state index contributed by atoms with van der Waals surface area (Å²) in [6.45, 7) is 2.05. The van der Waals surface area contributed by atoms with Crippen LogP contribution in [0.25, 0.3) is 17.1 Å². The number of aromatic nitrogens is 5. The van der Waals surface area contributed by atoms with E-state index in [4.69, 9.17) is 18.7 Å². The lowest BCUT2D eigenvalue weighted by atomic mass is 10.1. The number of para-hydroxylation sites is 1. The highest BCUT2D eigenvalue weighted by Crippen LogP contribution is 2.42. The zero-order valence-corrected chi connectivity index (χ0v) is 20.1. The van der Waals surface area contributed by atoms with Crippen LogP contribution in [0.3, 0.4) is 0 Å². The van der Waals surface area contributed by atoms with Crippen LogP contribution in [0.1, 0.15) is 25.1 Å². The predicted octanol–water partition coefficient (Wildman–Crippen LogP) is 4.73. The number of halogens is 1. The molecule has 0 fully saturated rings. The standard InChI is InChI=1S/C23H24FN5O4S/c1-5-8-19-25-20(33-28-19)13-34-23-27-26-22(29(23)16-10-7-6-9-15(16)24)14-11-17(30-2)21(32-4)18(12-14)31-3/h6-7,9-12H,5,8,13H2,1-4H3. The first kappa shape index (κ1) is 23.6. The van der Waals surface area contributed by atoms with Gasteiger partial charge in [-0.05, 0) is 30.7 Å². The lowest BCUT2D eigenvalue weighted by Gasteiger charge is -2.15. The van der Waals surface area contributed by atoms with Crippen molar-refractivity contribution >= 4 is 11.8 Å². The fourth-order valence-electron chi connectivity index (χ4n) is 3.41. The number of benzene rings is 2. The van der Waals surface area contributed by atoms with Gasteiger partial charge in [0.1, 0.15) is 5.82 Å². The summed E-state index contributed by atoms with van der Waals surface area (Å²) >= 11 is 1.32. The molecule has 34 heavy (non-hydrogen) atoms. The van der Waals surface area contributed by atoms with Crippen molar-refractivity contribution in [1.29, 1.82) is 0 Å². The van der Waals surface area contributed by atoms with Crippen LogP contribution in [0, 0.1) is 5.82 Å². The van der Waals surface area contributed by atoms with Crippen LogP contribution in [-0.2, 0) is 12.2 Å². The zero-order chi connectivity index (χ0) is 24.1. The summed E-state index contributed by atoms with van der Waals surface area (Å²) in [4.78, 5) is 4.39. The first-order valence-corrected chi connectivity index (χ1v) is 11.5. The molecule has 0 unspecified atom stereocenters. The van der Waals surface area contributed by atoms with Gasteiger partial charge in [-0.3, -0.25) is 4.57 Å². The van der Waals surface area contributed by atoms with Crippen LogP contribution in [0.4, 0.5) is 4.39 Å². The maximum Gasteiger partial charge on any atom is 0.237 e. The minimum Gasteiger partial charge on any atom is -0.493 e. The Kier molecular flexibility index (Phi) is 7.31. The van der Waals surface area contributed by atoms with Crippen molar-refractivity contribution in [3.63, 3.8) is 0 Å². The van der Waals surface area contributed by atoms with Gasteiger partial charge in [0.25, 0.3) is 0 Å². The Morgan fingerprint density at radius 2 is 1.76 bits per heavy atom. The number of hydrogen-bond acceptors (Lipinski definition) is 9. The molecule has 0 saturated carbocycles. The Balaban J connectivity index is 1.78. The number of thioether (sulfide) groups is 1. The van der Waals surface area contributed by atoms with E-state index in [0.29, 0.717) is 56.9 Å². The summed E-state index contributed by atoms with van der Waals surface area (Å²) in [6.07, 6.45) is 1.66. The second-order valence-electron chi connectivity index (χ2n) is 7.15. The van der Waals surface area contributed by atoms with Gasteiger partial charge in [-0.1, -0.05) is 36.0 Å². The fourth-order valence-corrected chi connectivity index (χ4v) is 4.19. The van der Waals surface area contributed by atoms with Crippen LogP contribution in [0.15, 0.2) is 46.1 Å². The molecule has 0 atom stereocenters. The molecule has 0 aliphatic carbocycles. The smallest absolute Gasteiger partial charge is 0.237 e. The average Bonchev–Trinajstić information content (AvgIpc) is 3.49. The molecular weight excluding hydrogens is 461 g/mol. The molecule has 0 saturated heterocycles. The van der Waals surface area contributed by atoms with E-state index in [2.05, 4.69) is 20.3 Å². The maximum absolute atomic E-state index is 14.9. The minimum atomic E-state index is -0.416. The number of ether oxygens (including phenoxy) is 3. The molecule has 0 N–H and O–H groups in total. The lowest BCUT2D eigenvalue weighted by molar-refractivity contribution is 0.324. The third kappa shape index (κ3) is 4.69. The summed E-state index contributed by atoms with van der Waals surface area (Å²) in [7, 11) is 4.59. The van der Waals surface area contributed by atoms with Crippen molar-refractivity contribution in [3.8, 4) is 34.3 Å². The summed E-state index contributed by atoms with van der Waals surface area (Å²) in [5.41, 5.74) is 0.913. The molecule has 178 valence electrons. The quantitative estimate of drug-likeness (QED) is 0.295. The Labute approximate surface area is 200 Å². The first-order chi connectivity index (χ1) is 16.6. The van der Waals surface area contributed by atoms with Crippen LogP contribution >= 0.6 is 11.8 Å². The molecule has 0 aliphatic heterocycles. The van der Waals surface area contributed by atoms with Gasteiger partial charge in [-0.2, -0.15) is 4.98 Å². The van der Waals surface area contributed by atoms with Crippen molar-refractivity contribution in [1.82, 2.24) is 24.9 Å². The molecule has 0 aliphatic rings. The SMILES string of the molecule is CCCc1noc(CSc2nnc(-c3cc(OC)c(OC)c(OC)c3)n2-c2ccccc2F)n1.